The number of halogens is 1. The van der Waals surface area contributed by atoms with Crippen molar-refractivity contribution >= 4 is 23.2 Å². The first-order chi connectivity index (χ1) is 12.4. The molecular formula is C18H24FN3O4. The fraction of sp³-hybridized carbons (Fsp3) is 0.556. The number of piperidine rings is 2. The van der Waals surface area contributed by atoms with Crippen LogP contribution in [-0.2, 0) is 9.59 Å². The van der Waals surface area contributed by atoms with E-state index in [1.807, 2.05) is 4.90 Å². The summed E-state index contributed by atoms with van der Waals surface area (Å²) in [7, 11) is 0. The van der Waals surface area contributed by atoms with Crippen LogP contribution in [0, 0.1) is 5.82 Å². The minimum Gasteiger partial charge on any atom is -0.396 e. The number of hydrogen-bond donors (Lipinski definition) is 4. The van der Waals surface area contributed by atoms with Gasteiger partial charge in [-0.25, -0.2) is 4.39 Å². The largest absolute Gasteiger partial charge is 0.396 e. The molecule has 0 saturated carbocycles. The monoisotopic (exact) mass is 365 g/mol. The van der Waals surface area contributed by atoms with Crippen molar-refractivity contribution in [2.45, 2.75) is 43.7 Å². The van der Waals surface area contributed by atoms with Gasteiger partial charge in [-0.15, -0.1) is 0 Å². The van der Waals surface area contributed by atoms with Crippen LogP contribution in [0.3, 0.4) is 0 Å². The summed E-state index contributed by atoms with van der Waals surface area (Å²) in [5.41, 5.74) is 0.0501. The SMILES string of the molecule is O=C1CCC(Nc2ccc(N3CCC(O)(CCO)CC3)c(F)c2)C(=O)N1. The van der Waals surface area contributed by atoms with Gasteiger partial charge in [0.25, 0.3) is 0 Å². The van der Waals surface area contributed by atoms with Crippen LogP contribution in [0.2, 0.25) is 0 Å². The third-order valence-electron chi connectivity index (χ3n) is 5.14. The van der Waals surface area contributed by atoms with Crippen molar-refractivity contribution < 1.29 is 24.2 Å². The standard InChI is InChI=1S/C18H24FN3O4/c19-13-11-12(20-14-2-4-16(24)21-17(14)25)1-3-15(13)22-8-5-18(26,6-9-22)7-10-23/h1,3,11,14,20,23,26H,2,4-10H2,(H,21,24,25). The lowest BCUT2D eigenvalue weighted by Crippen LogP contribution is -2.47. The molecule has 1 atom stereocenters. The number of nitrogens with one attached hydrogen (secondary N) is 2. The Morgan fingerprint density at radius 2 is 2.04 bits per heavy atom. The van der Waals surface area contributed by atoms with Crippen molar-refractivity contribution in [2.24, 2.45) is 0 Å². The summed E-state index contributed by atoms with van der Waals surface area (Å²) in [4.78, 5) is 24.8. The maximum Gasteiger partial charge on any atom is 0.249 e. The molecule has 8 heteroatoms. The van der Waals surface area contributed by atoms with E-state index in [1.54, 1.807) is 12.1 Å². The summed E-state index contributed by atoms with van der Waals surface area (Å²) in [5.74, 6) is -1.10. The Labute approximate surface area is 151 Å². The maximum absolute atomic E-state index is 14.5. The van der Waals surface area contributed by atoms with E-state index >= 15 is 0 Å². The highest BCUT2D eigenvalue weighted by Gasteiger charge is 2.32. The number of carbonyl (C=O) groups excluding carboxylic acids is 2. The van der Waals surface area contributed by atoms with Crippen LogP contribution >= 0.6 is 0 Å². The van der Waals surface area contributed by atoms with Crippen molar-refractivity contribution in [2.75, 3.05) is 29.9 Å². The summed E-state index contributed by atoms with van der Waals surface area (Å²) in [6, 6.07) is 4.14. The summed E-state index contributed by atoms with van der Waals surface area (Å²) in [6.45, 7) is 0.951. The quantitative estimate of drug-likeness (QED) is 0.575. The van der Waals surface area contributed by atoms with Crippen LogP contribution < -0.4 is 15.5 Å². The second kappa shape index (κ2) is 7.59. The average molecular weight is 365 g/mol. The Balaban J connectivity index is 1.63. The molecule has 4 N–H and O–H groups in total. The van der Waals surface area contributed by atoms with Gasteiger partial charge in [0.15, 0.2) is 0 Å². The Hall–Kier alpha value is -2.19. The fourth-order valence-corrected chi connectivity index (χ4v) is 3.51. The lowest BCUT2D eigenvalue weighted by Gasteiger charge is -2.39. The number of hydrogen-bond acceptors (Lipinski definition) is 6. The van der Waals surface area contributed by atoms with Gasteiger partial charge in [0, 0.05) is 31.8 Å². The van der Waals surface area contributed by atoms with Gasteiger partial charge in [0.05, 0.1) is 11.3 Å². The summed E-state index contributed by atoms with van der Waals surface area (Å²) < 4.78 is 14.5. The van der Waals surface area contributed by atoms with E-state index in [0.717, 1.165) is 0 Å². The molecule has 3 rings (SSSR count). The van der Waals surface area contributed by atoms with Gasteiger partial charge in [-0.1, -0.05) is 0 Å². The van der Waals surface area contributed by atoms with E-state index in [4.69, 9.17) is 5.11 Å². The second-order valence-corrected chi connectivity index (χ2v) is 7.00. The van der Waals surface area contributed by atoms with Crippen molar-refractivity contribution in [1.29, 1.82) is 0 Å². The molecule has 0 aliphatic carbocycles. The van der Waals surface area contributed by atoms with E-state index < -0.39 is 23.4 Å². The first-order valence-electron chi connectivity index (χ1n) is 8.88. The molecule has 2 aliphatic rings. The normalized spacial score (nSPS) is 22.9. The molecule has 0 spiro atoms. The fourth-order valence-electron chi connectivity index (χ4n) is 3.51. The first kappa shape index (κ1) is 18.6. The first-order valence-corrected chi connectivity index (χ1v) is 8.88. The van der Waals surface area contributed by atoms with Crippen LogP contribution in [0.25, 0.3) is 0 Å². The number of imide groups is 1. The third kappa shape index (κ3) is 4.13. The van der Waals surface area contributed by atoms with Crippen LogP contribution in [0.1, 0.15) is 32.1 Å². The molecule has 0 bridgehead atoms. The van der Waals surface area contributed by atoms with Crippen LogP contribution in [0.4, 0.5) is 15.8 Å². The highest BCUT2D eigenvalue weighted by atomic mass is 19.1. The second-order valence-electron chi connectivity index (χ2n) is 7.00. The van der Waals surface area contributed by atoms with E-state index in [1.165, 1.54) is 6.07 Å². The van der Waals surface area contributed by atoms with Gasteiger partial charge in [0.1, 0.15) is 11.9 Å². The van der Waals surface area contributed by atoms with Crippen molar-refractivity contribution in [3.8, 4) is 0 Å². The van der Waals surface area contributed by atoms with Crippen LogP contribution in [0.5, 0.6) is 0 Å². The van der Waals surface area contributed by atoms with E-state index in [0.29, 0.717) is 50.1 Å². The Morgan fingerprint density at radius 3 is 2.65 bits per heavy atom. The van der Waals surface area contributed by atoms with Gasteiger partial charge in [-0.2, -0.15) is 0 Å². The number of carbonyl (C=O) groups is 2. The smallest absolute Gasteiger partial charge is 0.249 e. The van der Waals surface area contributed by atoms with Gasteiger partial charge in [0.2, 0.25) is 11.8 Å². The summed E-state index contributed by atoms with van der Waals surface area (Å²) in [5, 5.41) is 24.6. The molecule has 1 aromatic carbocycles. The van der Waals surface area contributed by atoms with Crippen LogP contribution in [0.15, 0.2) is 18.2 Å². The molecule has 0 aromatic heterocycles. The van der Waals surface area contributed by atoms with E-state index in [-0.39, 0.29) is 18.9 Å². The van der Waals surface area contributed by atoms with Gasteiger partial charge < -0.3 is 20.4 Å². The predicted molar refractivity (Wildman–Crippen MR) is 94.3 cm³/mol. The lowest BCUT2D eigenvalue weighted by molar-refractivity contribution is -0.133. The number of aliphatic hydroxyl groups is 2. The molecule has 2 aliphatic heterocycles. The number of benzene rings is 1. The molecule has 0 radical (unpaired) electrons. The van der Waals surface area contributed by atoms with Gasteiger partial charge in [-0.05, 0) is 43.9 Å². The number of nitrogens with zero attached hydrogens (tertiary/aromatic N) is 1. The summed E-state index contributed by atoms with van der Waals surface area (Å²) >= 11 is 0. The van der Waals surface area contributed by atoms with E-state index in [2.05, 4.69) is 10.6 Å². The van der Waals surface area contributed by atoms with Gasteiger partial charge in [-0.3, -0.25) is 14.9 Å². The minimum atomic E-state index is -0.880. The molecule has 2 saturated heterocycles. The number of aliphatic hydroxyl groups excluding tert-OH is 1. The number of anilines is 2. The molecule has 2 amide bonds. The highest BCUT2D eigenvalue weighted by molar-refractivity contribution is 6.01. The number of rotatable bonds is 5. The zero-order valence-electron chi connectivity index (χ0n) is 14.5. The van der Waals surface area contributed by atoms with Crippen molar-refractivity contribution in [1.82, 2.24) is 5.32 Å². The maximum atomic E-state index is 14.5. The van der Waals surface area contributed by atoms with Crippen molar-refractivity contribution in [3.05, 3.63) is 24.0 Å². The topological polar surface area (TPSA) is 102 Å². The summed E-state index contributed by atoms with van der Waals surface area (Å²) in [6.07, 6.45) is 1.92. The minimum absolute atomic E-state index is 0.0639. The molecule has 2 fully saturated rings. The molecule has 26 heavy (non-hydrogen) atoms. The molecule has 2 heterocycles. The zero-order chi connectivity index (χ0) is 18.7. The molecule has 7 nitrogen and oxygen atoms in total. The Morgan fingerprint density at radius 1 is 1.31 bits per heavy atom. The van der Waals surface area contributed by atoms with E-state index in [9.17, 15) is 19.1 Å². The van der Waals surface area contributed by atoms with Gasteiger partial charge >= 0.3 is 0 Å². The molecule has 1 unspecified atom stereocenters. The molecule has 142 valence electrons. The average Bonchev–Trinajstić information content (AvgIpc) is 2.59. The number of amides is 2. The third-order valence-corrected chi connectivity index (χ3v) is 5.14. The molecular weight excluding hydrogens is 341 g/mol. The lowest BCUT2D eigenvalue weighted by atomic mass is 9.88. The van der Waals surface area contributed by atoms with Crippen LogP contribution in [-0.4, -0.2) is 53.4 Å². The Bertz CT molecular complexity index is 689. The highest BCUT2D eigenvalue weighted by Crippen LogP contribution is 2.31. The molecule has 1 aromatic rings. The predicted octanol–water partition coefficient (Wildman–Crippen LogP) is 0.756. The van der Waals surface area contributed by atoms with Crippen molar-refractivity contribution in [3.63, 3.8) is 0 Å². The Kier molecular flexibility index (Phi) is 5.43. The zero-order valence-corrected chi connectivity index (χ0v) is 14.5.